The second kappa shape index (κ2) is 3.16. The summed E-state index contributed by atoms with van der Waals surface area (Å²) in [6, 6.07) is 0. The molecule has 0 radical (unpaired) electrons. The van der Waals surface area contributed by atoms with Crippen LogP contribution in [0.2, 0.25) is 0 Å². The van der Waals surface area contributed by atoms with Crippen LogP contribution in [0, 0.1) is 11.8 Å². The van der Waals surface area contributed by atoms with E-state index in [2.05, 4.69) is 26.8 Å². The van der Waals surface area contributed by atoms with E-state index >= 15 is 0 Å². The van der Waals surface area contributed by atoms with Gasteiger partial charge in [0, 0.05) is 5.92 Å². The molecule has 1 N–H and O–H groups in total. The van der Waals surface area contributed by atoms with Gasteiger partial charge in [0.1, 0.15) is 0 Å². The molecule has 1 saturated carbocycles. The van der Waals surface area contributed by atoms with Gasteiger partial charge in [-0.15, -0.1) is 0 Å². The molecule has 1 saturated heterocycles. The largest absolute Gasteiger partial charge is 0.386 e. The van der Waals surface area contributed by atoms with Crippen molar-refractivity contribution in [1.29, 1.82) is 0 Å². The lowest BCUT2D eigenvalue weighted by Gasteiger charge is -2.44. The first-order valence-corrected chi connectivity index (χ1v) is 6.95. The minimum absolute atomic E-state index is 0.0329. The number of fused-ring (bicyclic) bond motifs is 4. The Labute approximate surface area is 104 Å². The third-order valence-electron chi connectivity index (χ3n) is 5.47. The van der Waals surface area contributed by atoms with Crippen LogP contribution in [-0.2, 0) is 4.74 Å². The molecule has 0 aromatic heterocycles. The van der Waals surface area contributed by atoms with Gasteiger partial charge in [-0.3, -0.25) is 0 Å². The van der Waals surface area contributed by atoms with Gasteiger partial charge in [0.15, 0.2) is 0 Å². The quantitative estimate of drug-likeness (QED) is 0.709. The molecule has 2 nitrogen and oxygen atoms in total. The Hall–Kier alpha value is -0.340. The minimum atomic E-state index is -0.597. The van der Waals surface area contributed by atoms with E-state index in [1.54, 1.807) is 0 Å². The Morgan fingerprint density at radius 2 is 2.00 bits per heavy atom. The van der Waals surface area contributed by atoms with Gasteiger partial charge in [-0.2, -0.15) is 0 Å². The van der Waals surface area contributed by atoms with E-state index < -0.39 is 5.60 Å². The number of hydrogen-bond donors (Lipinski definition) is 1. The van der Waals surface area contributed by atoms with Crippen LogP contribution in [0.4, 0.5) is 0 Å². The standard InChI is InChI=1S/C15H24O2/c1-10(2)15-8-7-14(4,17-15)11-5-6-13(3,16)12(11)9-15/h9-11,16H,5-8H2,1-4H3. The van der Waals surface area contributed by atoms with Crippen LogP contribution in [-0.4, -0.2) is 21.9 Å². The van der Waals surface area contributed by atoms with E-state index in [4.69, 9.17) is 4.74 Å². The monoisotopic (exact) mass is 236 g/mol. The van der Waals surface area contributed by atoms with Crippen LogP contribution in [0.3, 0.4) is 0 Å². The van der Waals surface area contributed by atoms with Gasteiger partial charge in [0.25, 0.3) is 0 Å². The lowest BCUT2D eigenvalue weighted by atomic mass is 9.79. The average Bonchev–Trinajstić information content (AvgIpc) is 2.67. The zero-order valence-electron chi connectivity index (χ0n) is 11.4. The summed E-state index contributed by atoms with van der Waals surface area (Å²) in [5.74, 6) is 0.918. The molecular weight excluding hydrogens is 212 g/mol. The van der Waals surface area contributed by atoms with Crippen molar-refractivity contribution >= 4 is 0 Å². The first-order chi connectivity index (χ1) is 7.79. The van der Waals surface area contributed by atoms with Gasteiger partial charge in [0.05, 0.1) is 16.8 Å². The number of aliphatic hydroxyl groups is 1. The van der Waals surface area contributed by atoms with Crippen LogP contribution in [0.15, 0.2) is 11.6 Å². The molecule has 96 valence electrons. The van der Waals surface area contributed by atoms with Crippen LogP contribution < -0.4 is 0 Å². The van der Waals surface area contributed by atoms with Crippen molar-refractivity contribution in [3.05, 3.63) is 11.6 Å². The fourth-order valence-electron chi connectivity index (χ4n) is 4.15. The van der Waals surface area contributed by atoms with Crippen LogP contribution >= 0.6 is 0 Å². The number of hydrogen-bond acceptors (Lipinski definition) is 2. The van der Waals surface area contributed by atoms with Crippen molar-refractivity contribution in [1.82, 2.24) is 0 Å². The van der Waals surface area contributed by atoms with Crippen molar-refractivity contribution in [2.45, 2.75) is 70.2 Å². The van der Waals surface area contributed by atoms with Gasteiger partial charge in [-0.05, 0) is 51.0 Å². The first kappa shape index (κ1) is 11.7. The number of ether oxygens (including phenoxy) is 1. The zero-order valence-corrected chi connectivity index (χ0v) is 11.4. The van der Waals surface area contributed by atoms with Gasteiger partial charge in [0.2, 0.25) is 0 Å². The number of rotatable bonds is 1. The lowest BCUT2D eigenvalue weighted by molar-refractivity contribution is -0.124. The molecule has 3 rings (SSSR count). The van der Waals surface area contributed by atoms with E-state index in [9.17, 15) is 5.11 Å². The summed E-state index contributed by atoms with van der Waals surface area (Å²) in [6.07, 6.45) is 6.48. The molecule has 0 amide bonds. The molecule has 0 aromatic rings. The summed E-state index contributed by atoms with van der Waals surface area (Å²) < 4.78 is 6.45. The molecule has 3 aliphatic rings. The van der Waals surface area contributed by atoms with Gasteiger partial charge < -0.3 is 9.84 Å². The van der Waals surface area contributed by atoms with E-state index in [0.29, 0.717) is 11.8 Å². The van der Waals surface area contributed by atoms with Crippen LogP contribution in [0.5, 0.6) is 0 Å². The Bertz CT molecular complexity index is 382. The maximum Gasteiger partial charge on any atom is 0.0897 e. The topological polar surface area (TPSA) is 29.5 Å². The predicted molar refractivity (Wildman–Crippen MR) is 67.7 cm³/mol. The van der Waals surface area contributed by atoms with Crippen LogP contribution in [0.25, 0.3) is 0 Å². The van der Waals surface area contributed by atoms with Crippen molar-refractivity contribution < 1.29 is 9.84 Å². The van der Waals surface area contributed by atoms with E-state index in [1.165, 1.54) is 5.57 Å². The average molecular weight is 236 g/mol. The van der Waals surface area contributed by atoms with E-state index in [-0.39, 0.29) is 11.2 Å². The Kier molecular flexibility index (Phi) is 2.18. The van der Waals surface area contributed by atoms with E-state index in [0.717, 1.165) is 25.7 Å². The first-order valence-electron chi connectivity index (χ1n) is 6.95. The molecule has 0 aromatic carbocycles. The molecular formula is C15H24O2. The Balaban J connectivity index is 2.11. The highest BCUT2D eigenvalue weighted by atomic mass is 16.5. The SMILES string of the molecule is CC(C)C12C=C3C(CCC3(C)O)C(C)(CC1)O2. The highest BCUT2D eigenvalue weighted by molar-refractivity contribution is 5.35. The van der Waals surface area contributed by atoms with Crippen LogP contribution in [0.1, 0.15) is 53.4 Å². The molecule has 2 aliphatic heterocycles. The summed E-state index contributed by atoms with van der Waals surface area (Å²) >= 11 is 0. The molecule has 0 spiro atoms. The summed E-state index contributed by atoms with van der Waals surface area (Å²) in [7, 11) is 0. The summed E-state index contributed by atoms with van der Waals surface area (Å²) in [6.45, 7) is 8.68. The Morgan fingerprint density at radius 3 is 2.65 bits per heavy atom. The third-order valence-corrected chi connectivity index (χ3v) is 5.47. The highest BCUT2D eigenvalue weighted by Crippen LogP contribution is 2.59. The lowest BCUT2D eigenvalue weighted by Crippen LogP contribution is -2.46. The predicted octanol–water partition coefficient (Wildman–Crippen LogP) is 3.05. The summed E-state index contributed by atoms with van der Waals surface area (Å²) in [5.41, 5.74) is 0.515. The highest BCUT2D eigenvalue weighted by Gasteiger charge is 2.59. The Morgan fingerprint density at radius 1 is 1.29 bits per heavy atom. The molecule has 2 heteroatoms. The fraction of sp³-hybridized carbons (Fsp3) is 0.867. The van der Waals surface area contributed by atoms with Gasteiger partial charge in [-0.1, -0.05) is 19.9 Å². The summed E-state index contributed by atoms with van der Waals surface area (Å²) in [5, 5.41) is 10.5. The van der Waals surface area contributed by atoms with Crippen molar-refractivity contribution in [3.8, 4) is 0 Å². The zero-order chi connectivity index (χ0) is 12.5. The minimum Gasteiger partial charge on any atom is -0.386 e. The molecule has 1 aliphatic carbocycles. The molecule has 4 unspecified atom stereocenters. The second-order valence-corrected chi connectivity index (χ2v) is 6.99. The molecule has 17 heavy (non-hydrogen) atoms. The maximum atomic E-state index is 10.5. The van der Waals surface area contributed by atoms with Crippen molar-refractivity contribution in [2.75, 3.05) is 0 Å². The molecule has 2 bridgehead atoms. The molecule has 2 fully saturated rings. The van der Waals surface area contributed by atoms with Crippen molar-refractivity contribution in [3.63, 3.8) is 0 Å². The molecule has 2 heterocycles. The third kappa shape index (κ3) is 1.40. The second-order valence-electron chi connectivity index (χ2n) is 6.99. The van der Waals surface area contributed by atoms with Gasteiger partial charge in [-0.25, -0.2) is 0 Å². The molecule has 4 atom stereocenters. The maximum absolute atomic E-state index is 10.5. The van der Waals surface area contributed by atoms with E-state index in [1.807, 2.05) is 6.92 Å². The van der Waals surface area contributed by atoms with Crippen molar-refractivity contribution in [2.24, 2.45) is 11.8 Å². The smallest absolute Gasteiger partial charge is 0.0897 e. The fourth-order valence-corrected chi connectivity index (χ4v) is 4.15. The van der Waals surface area contributed by atoms with Gasteiger partial charge >= 0.3 is 0 Å². The normalized spacial score (nSPS) is 52.8. The summed E-state index contributed by atoms with van der Waals surface area (Å²) in [4.78, 5) is 0.